The van der Waals surface area contributed by atoms with Gasteiger partial charge in [0.25, 0.3) is 0 Å². The van der Waals surface area contributed by atoms with Crippen LogP contribution < -0.4 is 0 Å². The lowest BCUT2D eigenvalue weighted by atomic mass is 10.1. The number of fused-ring (bicyclic) bond motifs is 1. The molecule has 1 aromatic rings. The van der Waals surface area contributed by atoms with E-state index in [9.17, 15) is 0 Å². The normalized spacial score (nSPS) is 11.4. The van der Waals surface area contributed by atoms with Crippen molar-refractivity contribution in [3.63, 3.8) is 0 Å². The van der Waals surface area contributed by atoms with Crippen LogP contribution in [0.15, 0.2) is 48.5 Å². The van der Waals surface area contributed by atoms with Crippen LogP contribution in [0.1, 0.15) is 11.1 Å². The summed E-state index contributed by atoms with van der Waals surface area (Å²) in [6.45, 7) is 0. The number of hydrogen-bond donors (Lipinski definition) is 0. The molecule has 0 nitrogen and oxygen atoms in total. The van der Waals surface area contributed by atoms with Crippen molar-refractivity contribution in [1.82, 2.24) is 0 Å². The highest BCUT2D eigenvalue weighted by molar-refractivity contribution is 5.89. The zero-order chi connectivity index (χ0) is 8.67. The Hall–Kier alpha value is -1.56. The Morgan fingerprint density at radius 1 is 0.692 bits per heavy atom. The first kappa shape index (κ1) is 6.90. The van der Waals surface area contributed by atoms with Gasteiger partial charge in [0.1, 0.15) is 0 Å². The standard InChI is InChI=1S/C13H10/c1-2-5-10(6-3-1)9-13-11-7-4-8-12(11)13/h1-8H,9H2. The molecule has 0 saturated carbocycles. The van der Waals surface area contributed by atoms with Gasteiger partial charge in [0, 0.05) is 0 Å². The van der Waals surface area contributed by atoms with Crippen LogP contribution in [0.5, 0.6) is 0 Å². The van der Waals surface area contributed by atoms with Crippen LogP contribution in [0.2, 0.25) is 0 Å². The number of benzene rings is 2. The van der Waals surface area contributed by atoms with E-state index in [2.05, 4.69) is 48.5 Å². The summed E-state index contributed by atoms with van der Waals surface area (Å²) in [6.07, 6.45) is 1.10. The molecule has 0 N–H and O–H groups in total. The van der Waals surface area contributed by atoms with Crippen LogP contribution in [0, 0.1) is 0 Å². The first-order valence-corrected chi connectivity index (χ1v) is 4.61. The van der Waals surface area contributed by atoms with Crippen molar-refractivity contribution in [2.75, 3.05) is 0 Å². The van der Waals surface area contributed by atoms with Gasteiger partial charge in [-0.05, 0) is 28.7 Å². The molecular weight excluding hydrogens is 156 g/mol. The third-order valence-electron chi connectivity index (χ3n) is 2.63. The fourth-order valence-corrected chi connectivity index (χ4v) is 1.87. The van der Waals surface area contributed by atoms with Crippen LogP contribution in [0.3, 0.4) is 0 Å². The molecule has 1 aromatic carbocycles. The highest BCUT2D eigenvalue weighted by Crippen LogP contribution is 2.43. The largest absolute Gasteiger partial charge is 0.0622 e. The summed E-state index contributed by atoms with van der Waals surface area (Å²) in [5.74, 6) is 0. The summed E-state index contributed by atoms with van der Waals surface area (Å²) in [5, 5.41) is 0. The fourth-order valence-electron chi connectivity index (χ4n) is 1.87. The second-order valence-electron chi connectivity index (χ2n) is 3.49. The van der Waals surface area contributed by atoms with E-state index >= 15 is 0 Å². The van der Waals surface area contributed by atoms with Crippen molar-refractivity contribution in [2.24, 2.45) is 0 Å². The van der Waals surface area contributed by atoms with E-state index in [1.165, 1.54) is 22.3 Å². The van der Waals surface area contributed by atoms with Crippen LogP contribution >= 0.6 is 0 Å². The summed E-state index contributed by atoms with van der Waals surface area (Å²) >= 11 is 0. The fraction of sp³-hybridized carbons (Fsp3) is 0.0769. The first-order valence-electron chi connectivity index (χ1n) is 4.61. The summed E-state index contributed by atoms with van der Waals surface area (Å²) in [4.78, 5) is 0. The molecule has 0 radical (unpaired) electrons. The second-order valence-corrected chi connectivity index (χ2v) is 3.49. The van der Waals surface area contributed by atoms with Crippen molar-refractivity contribution in [2.45, 2.75) is 6.42 Å². The molecule has 0 aromatic heterocycles. The van der Waals surface area contributed by atoms with Crippen molar-refractivity contribution in [3.8, 4) is 11.1 Å². The zero-order valence-electron chi connectivity index (χ0n) is 7.33. The van der Waals surface area contributed by atoms with E-state index < -0.39 is 0 Å². The molecule has 0 atom stereocenters. The Balaban J connectivity index is 1.87. The van der Waals surface area contributed by atoms with Crippen molar-refractivity contribution < 1.29 is 0 Å². The zero-order valence-corrected chi connectivity index (χ0v) is 7.33. The Bertz CT molecular complexity index is 421. The molecule has 0 bridgehead atoms. The highest BCUT2D eigenvalue weighted by atomic mass is 14.3. The maximum absolute atomic E-state index is 2.20. The lowest BCUT2D eigenvalue weighted by Crippen LogP contribution is -1.79. The molecule has 0 saturated heterocycles. The van der Waals surface area contributed by atoms with Crippen LogP contribution in [0.4, 0.5) is 0 Å². The summed E-state index contributed by atoms with van der Waals surface area (Å²) in [6, 6.07) is 17.2. The molecule has 0 heteroatoms. The third kappa shape index (κ3) is 1.06. The summed E-state index contributed by atoms with van der Waals surface area (Å²) < 4.78 is 0. The minimum atomic E-state index is 1.10. The third-order valence-corrected chi connectivity index (χ3v) is 2.63. The van der Waals surface area contributed by atoms with Gasteiger partial charge in [-0.15, -0.1) is 0 Å². The summed E-state index contributed by atoms with van der Waals surface area (Å²) in [5.41, 5.74) is 5.90. The predicted molar refractivity (Wildman–Crippen MR) is 54.7 cm³/mol. The second kappa shape index (κ2) is 2.46. The molecular formula is C13H10. The van der Waals surface area contributed by atoms with Crippen molar-refractivity contribution >= 4 is 0 Å². The average molecular weight is 166 g/mol. The lowest BCUT2D eigenvalue weighted by Gasteiger charge is -1.93. The molecule has 0 unspecified atom stereocenters. The molecule has 13 heavy (non-hydrogen) atoms. The predicted octanol–water partition coefficient (Wildman–Crippen LogP) is 3.26. The van der Waals surface area contributed by atoms with Gasteiger partial charge >= 0.3 is 0 Å². The highest BCUT2D eigenvalue weighted by Gasteiger charge is 2.22. The minimum absolute atomic E-state index is 1.10. The lowest BCUT2D eigenvalue weighted by molar-refractivity contribution is 1.25. The van der Waals surface area contributed by atoms with E-state index in [-0.39, 0.29) is 0 Å². The topological polar surface area (TPSA) is 0 Å². The summed E-state index contributed by atoms with van der Waals surface area (Å²) in [7, 11) is 0. The monoisotopic (exact) mass is 166 g/mol. The van der Waals surface area contributed by atoms with Gasteiger partial charge in [0.15, 0.2) is 0 Å². The molecule has 62 valence electrons. The molecule has 0 spiro atoms. The van der Waals surface area contributed by atoms with Gasteiger partial charge in [-0.2, -0.15) is 0 Å². The van der Waals surface area contributed by atoms with Crippen LogP contribution in [-0.4, -0.2) is 0 Å². The Morgan fingerprint density at radius 3 is 2.08 bits per heavy atom. The van der Waals surface area contributed by atoms with Gasteiger partial charge in [0.05, 0.1) is 0 Å². The van der Waals surface area contributed by atoms with Crippen LogP contribution in [-0.2, 0) is 6.42 Å². The molecule has 0 fully saturated rings. The molecule has 2 aliphatic rings. The Kier molecular flexibility index (Phi) is 1.31. The van der Waals surface area contributed by atoms with Gasteiger partial charge in [-0.25, -0.2) is 0 Å². The molecule has 3 rings (SSSR count). The molecule has 0 amide bonds. The molecule has 0 aliphatic heterocycles. The maximum Gasteiger partial charge on any atom is -0.00134 e. The van der Waals surface area contributed by atoms with E-state index in [0.29, 0.717) is 0 Å². The van der Waals surface area contributed by atoms with Gasteiger partial charge in [-0.3, -0.25) is 0 Å². The van der Waals surface area contributed by atoms with E-state index in [4.69, 9.17) is 0 Å². The average Bonchev–Trinajstić information content (AvgIpc) is 2.65. The van der Waals surface area contributed by atoms with Crippen molar-refractivity contribution in [1.29, 1.82) is 0 Å². The van der Waals surface area contributed by atoms with Gasteiger partial charge in [0.2, 0.25) is 0 Å². The van der Waals surface area contributed by atoms with E-state index in [0.717, 1.165) is 6.42 Å². The van der Waals surface area contributed by atoms with Gasteiger partial charge < -0.3 is 0 Å². The minimum Gasteiger partial charge on any atom is -0.0622 e. The molecule has 0 heterocycles. The number of rotatable bonds is 2. The van der Waals surface area contributed by atoms with Gasteiger partial charge in [-0.1, -0.05) is 48.5 Å². The Labute approximate surface area is 77.8 Å². The smallest absolute Gasteiger partial charge is 0.00134 e. The quantitative estimate of drug-likeness (QED) is 0.548. The molecule has 2 aliphatic carbocycles. The number of hydrogen-bond acceptors (Lipinski definition) is 0. The van der Waals surface area contributed by atoms with Crippen LogP contribution in [0.25, 0.3) is 11.1 Å². The maximum atomic E-state index is 2.20. The Morgan fingerprint density at radius 2 is 1.38 bits per heavy atom. The SMILES string of the molecule is c1ccc(Cc2c3cccc2-3)cc1. The van der Waals surface area contributed by atoms with Crippen molar-refractivity contribution in [3.05, 3.63) is 59.7 Å². The van der Waals surface area contributed by atoms with E-state index in [1.807, 2.05) is 0 Å². The van der Waals surface area contributed by atoms with E-state index in [1.54, 1.807) is 0 Å². The first-order chi connectivity index (χ1) is 6.45.